The second-order valence-corrected chi connectivity index (χ2v) is 8.85. The predicted octanol–water partition coefficient (Wildman–Crippen LogP) is 2.43. The first-order chi connectivity index (χ1) is 13.5. The summed E-state index contributed by atoms with van der Waals surface area (Å²) in [6, 6.07) is 4.78. The fraction of sp³-hybridized carbons (Fsp3) is 0.550. The number of sulfonamides is 1. The van der Waals surface area contributed by atoms with Gasteiger partial charge in [0.15, 0.2) is 0 Å². The molecule has 1 aromatic carbocycles. The van der Waals surface area contributed by atoms with Crippen LogP contribution in [0.25, 0.3) is 0 Å². The topological polar surface area (TPSA) is 76.2 Å². The molecule has 0 radical (unpaired) electrons. The molecule has 0 N–H and O–H groups in total. The minimum atomic E-state index is -3.62. The molecule has 0 atom stereocenters. The highest BCUT2D eigenvalue weighted by atomic mass is 32.2. The number of esters is 1. The van der Waals surface area contributed by atoms with Gasteiger partial charge in [-0.3, -0.25) is 0 Å². The molecule has 0 aromatic heterocycles. The summed E-state index contributed by atoms with van der Waals surface area (Å²) in [5.74, 6) is -0.518. The maximum absolute atomic E-state index is 13.0. The molecule has 28 heavy (non-hydrogen) atoms. The van der Waals surface area contributed by atoms with Crippen LogP contribution in [-0.4, -0.2) is 64.7 Å². The number of allylic oxidation sites excluding steroid dienone is 1. The number of morpholine rings is 1. The fourth-order valence-corrected chi connectivity index (χ4v) is 5.02. The van der Waals surface area contributed by atoms with Gasteiger partial charge in [-0.15, -0.1) is 0 Å². The normalized spacial score (nSPS) is 19.1. The summed E-state index contributed by atoms with van der Waals surface area (Å²) in [7, 11) is -3.62. The third-order valence-electron chi connectivity index (χ3n) is 5.04. The highest BCUT2D eigenvalue weighted by molar-refractivity contribution is 7.89. The Morgan fingerprint density at radius 3 is 2.54 bits per heavy atom. The van der Waals surface area contributed by atoms with Crippen molar-refractivity contribution in [1.29, 1.82) is 0 Å². The van der Waals surface area contributed by atoms with Crippen molar-refractivity contribution < 1.29 is 22.7 Å². The van der Waals surface area contributed by atoms with Gasteiger partial charge < -0.3 is 14.4 Å². The van der Waals surface area contributed by atoms with E-state index < -0.39 is 16.0 Å². The van der Waals surface area contributed by atoms with Crippen LogP contribution < -0.4 is 4.90 Å². The van der Waals surface area contributed by atoms with Crippen molar-refractivity contribution in [3.63, 3.8) is 0 Å². The molecule has 7 nitrogen and oxygen atoms in total. The van der Waals surface area contributed by atoms with Gasteiger partial charge in [0.05, 0.1) is 29.4 Å². The molecule has 0 amide bonds. The van der Waals surface area contributed by atoms with Crippen molar-refractivity contribution in [3.05, 3.63) is 35.9 Å². The quantitative estimate of drug-likeness (QED) is 0.532. The Morgan fingerprint density at radius 1 is 1.14 bits per heavy atom. The highest BCUT2D eigenvalue weighted by Gasteiger charge is 2.29. The lowest BCUT2D eigenvalue weighted by atomic mass is 10.1. The second-order valence-electron chi connectivity index (χ2n) is 6.91. The van der Waals surface area contributed by atoms with Gasteiger partial charge in [0, 0.05) is 26.2 Å². The summed E-state index contributed by atoms with van der Waals surface area (Å²) in [4.78, 5) is 14.9. The van der Waals surface area contributed by atoms with Gasteiger partial charge in [0.1, 0.15) is 6.61 Å². The lowest BCUT2D eigenvalue weighted by molar-refractivity contribution is 0.0549. The molecular weight excluding hydrogens is 380 g/mol. The van der Waals surface area contributed by atoms with Crippen LogP contribution in [0.5, 0.6) is 0 Å². The van der Waals surface area contributed by atoms with Gasteiger partial charge in [-0.1, -0.05) is 18.6 Å². The zero-order chi connectivity index (χ0) is 20.0. The standard InChI is InChI=1S/C20H28N2O5S/c1-2-3-13-27-20(23)18-16-17(28(24,25)22-9-5-4-6-10-22)7-8-19(18)21-11-14-26-15-12-21/h2-3,7-8,16H,4-6,9-15H2,1H3/b3-2+. The van der Waals surface area contributed by atoms with Crippen LogP contribution in [-0.2, 0) is 19.5 Å². The summed E-state index contributed by atoms with van der Waals surface area (Å²) >= 11 is 0. The van der Waals surface area contributed by atoms with E-state index in [9.17, 15) is 13.2 Å². The first-order valence-corrected chi connectivity index (χ1v) is 11.2. The van der Waals surface area contributed by atoms with Crippen LogP contribution in [0.1, 0.15) is 36.5 Å². The molecule has 2 heterocycles. The minimum Gasteiger partial charge on any atom is -0.458 e. The molecule has 2 fully saturated rings. The van der Waals surface area contributed by atoms with Gasteiger partial charge in [-0.25, -0.2) is 13.2 Å². The Kier molecular flexibility index (Phi) is 7.09. The van der Waals surface area contributed by atoms with Gasteiger partial charge in [-0.05, 0) is 38.0 Å². The first-order valence-electron chi connectivity index (χ1n) is 9.79. The van der Waals surface area contributed by atoms with E-state index in [4.69, 9.17) is 9.47 Å². The van der Waals surface area contributed by atoms with E-state index in [-0.39, 0.29) is 17.1 Å². The Hall–Kier alpha value is -1.90. The first kappa shape index (κ1) is 20.8. The number of hydrogen-bond acceptors (Lipinski definition) is 6. The van der Waals surface area contributed by atoms with Crippen molar-refractivity contribution in [1.82, 2.24) is 4.31 Å². The van der Waals surface area contributed by atoms with E-state index in [0.717, 1.165) is 19.3 Å². The van der Waals surface area contributed by atoms with E-state index in [1.807, 2.05) is 11.8 Å². The van der Waals surface area contributed by atoms with Crippen LogP contribution in [0, 0.1) is 0 Å². The minimum absolute atomic E-state index is 0.143. The van der Waals surface area contributed by atoms with Crippen molar-refractivity contribution in [2.45, 2.75) is 31.1 Å². The molecular formula is C20H28N2O5S. The van der Waals surface area contributed by atoms with Crippen LogP contribution in [0.3, 0.4) is 0 Å². The third kappa shape index (κ3) is 4.74. The Bertz CT molecular complexity index is 810. The van der Waals surface area contributed by atoms with Crippen LogP contribution in [0.4, 0.5) is 5.69 Å². The number of hydrogen-bond donors (Lipinski definition) is 0. The van der Waals surface area contributed by atoms with E-state index in [1.165, 1.54) is 10.4 Å². The zero-order valence-electron chi connectivity index (χ0n) is 16.3. The molecule has 1 aromatic rings. The Labute approximate surface area is 167 Å². The fourth-order valence-electron chi connectivity index (χ4n) is 3.47. The molecule has 2 aliphatic rings. The molecule has 0 aliphatic carbocycles. The van der Waals surface area contributed by atoms with E-state index in [2.05, 4.69) is 0 Å². The lowest BCUT2D eigenvalue weighted by Crippen LogP contribution is -2.38. The van der Waals surface area contributed by atoms with Crippen molar-refractivity contribution >= 4 is 21.7 Å². The molecule has 0 bridgehead atoms. The number of ether oxygens (including phenoxy) is 2. The van der Waals surface area contributed by atoms with Gasteiger partial charge in [0.2, 0.25) is 10.0 Å². The Morgan fingerprint density at radius 2 is 1.86 bits per heavy atom. The maximum Gasteiger partial charge on any atom is 0.340 e. The molecule has 8 heteroatoms. The molecule has 0 spiro atoms. The average molecular weight is 409 g/mol. The molecule has 3 rings (SSSR count). The molecule has 2 aliphatic heterocycles. The van der Waals surface area contributed by atoms with Crippen molar-refractivity contribution in [2.75, 3.05) is 50.9 Å². The number of benzene rings is 1. The maximum atomic E-state index is 13.0. The monoisotopic (exact) mass is 408 g/mol. The lowest BCUT2D eigenvalue weighted by Gasteiger charge is -2.31. The SMILES string of the molecule is C/C=C/COC(=O)c1cc(S(=O)(=O)N2CCCCC2)ccc1N1CCOCC1. The van der Waals surface area contributed by atoms with Crippen molar-refractivity contribution in [3.8, 4) is 0 Å². The van der Waals surface area contributed by atoms with Gasteiger partial charge in [0.25, 0.3) is 0 Å². The zero-order valence-corrected chi connectivity index (χ0v) is 17.1. The number of piperidine rings is 1. The van der Waals surface area contributed by atoms with Crippen LogP contribution >= 0.6 is 0 Å². The van der Waals surface area contributed by atoms with Gasteiger partial charge >= 0.3 is 5.97 Å². The molecule has 0 saturated carbocycles. The van der Waals surface area contributed by atoms with E-state index >= 15 is 0 Å². The number of nitrogens with zero attached hydrogens (tertiary/aromatic N) is 2. The summed E-state index contributed by atoms with van der Waals surface area (Å²) in [5.41, 5.74) is 0.968. The number of carbonyl (C=O) groups is 1. The smallest absolute Gasteiger partial charge is 0.340 e. The highest BCUT2D eigenvalue weighted by Crippen LogP contribution is 2.28. The predicted molar refractivity (Wildman–Crippen MR) is 107 cm³/mol. The van der Waals surface area contributed by atoms with Crippen LogP contribution in [0.2, 0.25) is 0 Å². The molecule has 2 saturated heterocycles. The molecule has 154 valence electrons. The summed E-state index contributed by atoms with van der Waals surface area (Å²) in [6.07, 6.45) is 6.31. The second kappa shape index (κ2) is 9.54. The average Bonchev–Trinajstić information content (AvgIpc) is 2.74. The summed E-state index contributed by atoms with van der Waals surface area (Å²) < 4.78 is 38.3. The Balaban J connectivity index is 1.94. The summed E-state index contributed by atoms with van der Waals surface area (Å²) in [6.45, 7) is 5.48. The largest absolute Gasteiger partial charge is 0.458 e. The summed E-state index contributed by atoms with van der Waals surface area (Å²) in [5, 5.41) is 0. The van der Waals surface area contributed by atoms with E-state index in [0.29, 0.717) is 45.1 Å². The molecule has 0 unspecified atom stereocenters. The number of anilines is 1. The van der Waals surface area contributed by atoms with Crippen LogP contribution in [0.15, 0.2) is 35.2 Å². The van der Waals surface area contributed by atoms with Gasteiger partial charge in [-0.2, -0.15) is 4.31 Å². The van der Waals surface area contributed by atoms with E-state index in [1.54, 1.807) is 24.3 Å². The third-order valence-corrected chi connectivity index (χ3v) is 6.93. The number of rotatable bonds is 6. The number of carbonyl (C=O) groups excluding carboxylic acids is 1. The van der Waals surface area contributed by atoms with Crippen molar-refractivity contribution in [2.24, 2.45) is 0 Å².